The molecule has 2 heterocycles. The fourth-order valence-electron chi connectivity index (χ4n) is 2.09. The van der Waals surface area contributed by atoms with Crippen molar-refractivity contribution in [3.8, 4) is 0 Å². The summed E-state index contributed by atoms with van der Waals surface area (Å²) in [5, 5.41) is 5.80. The van der Waals surface area contributed by atoms with Crippen LogP contribution in [0.15, 0.2) is 28.0 Å². The van der Waals surface area contributed by atoms with Gasteiger partial charge in [-0.3, -0.25) is 20.0 Å². The number of halogens is 1. The van der Waals surface area contributed by atoms with Gasteiger partial charge in [0.2, 0.25) is 6.23 Å². The zero-order valence-corrected chi connectivity index (χ0v) is 13.0. The Bertz CT molecular complexity index is 630. The van der Waals surface area contributed by atoms with Crippen molar-refractivity contribution in [3.63, 3.8) is 0 Å². The van der Waals surface area contributed by atoms with Crippen LogP contribution in [0.2, 0.25) is 0 Å². The van der Waals surface area contributed by atoms with Gasteiger partial charge >= 0.3 is 12.0 Å². The third kappa shape index (κ3) is 3.89. The maximum atomic E-state index is 12.3. The van der Waals surface area contributed by atoms with Crippen LogP contribution < -0.4 is 5.32 Å². The molecule has 1 aromatic heterocycles. The number of oxime groups is 1. The molecule has 1 aliphatic heterocycles. The Labute approximate surface area is 136 Å². The number of imide groups is 1. The molecule has 1 saturated heterocycles. The second-order valence-corrected chi connectivity index (χ2v) is 5.44. The monoisotopic (exact) mass is 341 g/mol. The van der Waals surface area contributed by atoms with Crippen LogP contribution in [0.4, 0.5) is 9.32 Å². The first-order chi connectivity index (χ1) is 11.4. The van der Waals surface area contributed by atoms with E-state index in [9.17, 15) is 18.9 Å². The van der Waals surface area contributed by atoms with Gasteiger partial charge in [-0.1, -0.05) is 19.0 Å². The molecule has 0 aromatic carbocycles. The first-order valence-corrected chi connectivity index (χ1v) is 7.11. The van der Waals surface area contributed by atoms with E-state index in [0.717, 1.165) is 11.1 Å². The number of carbonyl (C=O) groups excluding carboxylic acids is 3. The first-order valence-electron chi connectivity index (χ1n) is 7.11. The highest BCUT2D eigenvalue weighted by Gasteiger charge is 2.48. The summed E-state index contributed by atoms with van der Waals surface area (Å²) in [5.41, 5.74) is 0. The molecule has 0 bridgehead atoms. The van der Waals surface area contributed by atoms with Gasteiger partial charge in [-0.2, -0.15) is 0 Å². The summed E-state index contributed by atoms with van der Waals surface area (Å²) in [5.74, 6) is -3.81. The van der Waals surface area contributed by atoms with E-state index in [2.05, 4.69) is 15.4 Å². The molecule has 1 N–H and O–H groups in total. The van der Waals surface area contributed by atoms with Crippen molar-refractivity contribution in [1.29, 1.82) is 0 Å². The van der Waals surface area contributed by atoms with Crippen LogP contribution in [-0.2, 0) is 19.4 Å². The molecule has 9 nitrogen and oxygen atoms in total. The van der Waals surface area contributed by atoms with Gasteiger partial charge in [-0.15, -0.1) is 0 Å². The maximum Gasteiger partial charge on any atom is 0.367 e. The Hall–Kier alpha value is -2.91. The zero-order valence-electron chi connectivity index (χ0n) is 13.0. The Morgan fingerprint density at radius 3 is 2.88 bits per heavy atom. The molecule has 2 atom stereocenters. The molecule has 0 radical (unpaired) electrons. The van der Waals surface area contributed by atoms with Gasteiger partial charge in [0.15, 0.2) is 5.92 Å². The molecular weight excluding hydrogens is 325 g/mol. The number of hydrogen-bond acceptors (Lipinski definition) is 7. The molecule has 1 fully saturated rings. The minimum absolute atomic E-state index is 0.0452. The Morgan fingerprint density at radius 1 is 1.54 bits per heavy atom. The van der Waals surface area contributed by atoms with Crippen LogP contribution in [-0.4, -0.2) is 41.8 Å². The number of amides is 3. The second kappa shape index (κ2) is 7.57. The molecule has 2 rings (SSSR count). The van der Waals surface area contributed by atoms with Crippen LogP contribution in [0.1, 0.15) is 19.6 Å². The molecule has 0 saturated carbocycles. The van der Waals surface area contributed by atoms with Gasteiger partial charge in [-0.25, -0.2) is 9.59 Å². The van der Waals surface area contributed by atoms with Crippen molar-refractivity contribution in [1.82, 2.24) is 10.2 Å². The van der Waals surface area contributed by atoms with Crippen molar-refractivity contribution >= 4 is 24.1 Å². The Balaban J connectivity index is 2.15. The maximum absolute atomic E-state index is 12.3. The van der Waals surface area contributed by atoms with Crippen molar-refractivity contribution in [2.75, 3.05) is 6.54 Å². The molecule has 24 heavy (non-hydrogen) atoms. The van der Waals surface area contributed by atoms with E-state index in [0.29, 0.717) is 5.76 Å². The normalized spacial score (nSPS) is 21.2. The summed E-state index contributed by atoms with van der Waals surface area (Å²) in [7, 11) is 0. The number of nitrogens with zero attached hydrogens (tertiary/aromatic N) is 2. The van der Waals surface area contributed by atoms with Crippen molar-refractivity contribution in [2.45, 2.75) is 20.1 Å². The van der Waals surface area contributed by atoms with Crippen molar-refractivity contribution in [2.24, 2.45) is 17.0 Å². The Morgan fingerprint density at radius 2 is 2.29 bits per heavy atom. The van der Waals surface area contributed by atoms with E-state index in [1.165, 1.54) is 6.26 Å². The number of urea groups is 1. The first kappa shape index (κ1) is 17.4. The lowest BCUT2D eigenvalue weighted by Crippen LogP contribution is -2.63. The minimum Gasteiger partial charge on any atom is -0.463 e. The van der Waals surface area contributed by atoms with Crippen molar-refractivity contribution < 1.29 is 33.1 Å². The van der Waals surface area contributed by atoms with Gasteiger partial charge in [-0.05, 0) is 18.1 Å². The highest BCUT2D eigenvalue weighted by Crippen LogP contribution is 2.20. The fraction of sp³-hybridized carbons (Fsp3) is 0.429. The highest BCUT2D eigenvalue weighted by molar-refractivity contribution is 6.07. The van der Waals surface area contributed by atoms with E-state index in [4.69, 9.17) is 9.25 Å². The summed E-state index contributed by atoms with van der Waals surface area (Å²) in [6.45, 7) is 3.61. The third-order valence-electron chi connectivity index (χ3n) is 3.12. The van der Waals surface area contributed by atoms with Crippen LogP contribution in [0.5, 0.6) is 0 Å². The van der Waals surface area contributed by atoms with E-state index in [1.807, 2.05) is 0 Å². The Kier molecular flexibility index (Phi) is 5.51. The molecule has 0 aliphatic carbocycles. The SMILES string of the molecule is CC(C)CN1C(=O)NC(ON=Cc2ccco2)C(C(=O)OF)C1=O. The molecule has 130 valence electrons. The summed E-state index contributed by atoms with van der Waals surface area (Å²) in [4.78, 5) is 44.8. The quantitative estimate of drug-likeness (QED) is 0.473. The molecular formula is C14H16FN3O6. The van der Waals surface area contributed by atoms with Crippen LogP contribution in [0, 0.1) is 11.8 Å². The summed E-state index contributed by atoms with van der Waals surface area (Å²) >= 11 is 0. The van der Waals surface area contributed by atoms with Gasteiger partial charge in [0.05, 0.1) is 6.26 Å². The van der Waals surface area contributed by atoms with E-state index >= 15 is 0 Å². The van der Waals surface area contributed by atoms with Gasteiger partial charge < -0.3 is 9.25 Å². The van der Waals surface area contributed by atoms with Gasteiger partial charge in [0, 0.05) is 11.1 Å². The molecule has 2 unspecified atom stereocenters. The van der Waals surface area contributed by atoms with Crippen LogP contribution >= 0.6 is 0 Å². The standard InChI is InChI=1S/C14H16FN3O6/c1-8(2)7-18-12(19)10(13(20)23-15)11(17-14(18)21)24-16-6-9-4-3-5-22-9/h3-6,8,10-11H,7H2,1-2H3,(H,17,21). The summed E-state index contributed by atoms with van der Waals surface area (Å²) in [6.07, 6.45) is 1.07. The predicted octanol–water partition coefficient (Wildman–Crippen LogP) is 1.21. The lowest BCUT2D eigenvalue weighted by molar-refractivity contribution is -0.198. The van der Waals surface area contributed by atoms with E-state index in [-0.39, 0.29) is 12.5 Å². The molecule has 0 spiro atoms. The molecule has 1 aliphatic rings. The topological polar surface area (TPSA) is 110 Å². The summed E-state index contributed by atoms with van der Waals surface area (Å²) in [6, 6.07) is 2.42. The van der Waals surface area contributed by atoms with Gasteiger partial charge in [0.1, 0.15) is 12.0 Å². The van der Waals surface area contributed by atoms with Gasteiger partial charge in [0.25, 0.3) is 5.91 Å². The average molecular weight is 341 g/mol. The molecule has 10 heteroatoms. The smallest absolute Gasteiger partial charge is 0.367 e. The minimum atomic E-state index is -1.71. The summed E-state index contributed by atoms with van der Waals surface area (Å²) < 4.78 is 17.3. The number of carbonyl (C=O) groups is 3. The predicted molar refractivity (Wildman–Crippen MR) is 76.9 cm³/mol. The highest BCUT2D eigenvalue weighted by atomic mass is 19.3. The largest absolute Gasteiger partial charge is 0.463 e. The third-order valence-corrected chi connectivity index (χ3v) is 3.12. The second-order valence-electron chi connectivity index (χ2n) is 5.44. The van der Waals surface area contributed by atoms with E-state index < -0.39 is 30.1 Å². The van der Waals surface area contributed by atoms with Crippen molar-refractivity contribution in [3.05, 3.63) is 24.2 Å². The molecule has 3 amide bonds. The van der Waals surface area contributed by atoms with Crippen LogP contribution in [0.3, 0.4) is 0 Å². The number of rotatable bonds is 6. The average Bonchev–Trinajstić information content (AvgIpc) is 3.04. The number of furan rings is 1. The lowest BCUT2D eigenvalue weighted by atomic mass is 10.0. The zero-order chi connectivity index (χ0) is 17.7. The van der Waals surface area contributed by atoms with E-state index in [1.54, 1.807) is 26.0 Å². The molecule has 1 aromatic rings. The fourth-order valence-corrected chi connectivity index (χ4v) is 2.09. The lowest BCUT2D eigenvalue weighted by Gasteiger charge is -2.34. The number of nitrogens with one attached hydrogen (secondary N) is 1. The van der Waals surface area contributed by atoms with Crippen LogP contribution in [0.25, 0.3) is 0 Å². The number of hydrogen-bond donors (Lipinski definition) is 1.